The number of benzene rings is 1. The van der Waals surface area contributed by atoms with Crippen LogP contribution in [0.1, 0.15) is 35.9 Å². The molecule has 162 valence electrons. The summed E-state index contributed by atoms with van der Waals surface area (Å²) in [4.78, 5) is 20.8. The molecule has 1 aliphatic heterocycles. The molecule has 0 aliphatic carbocycles. The second-order valence-corrected chi connectivity index (χ2v) is 8.04. The van der Waals surface area contributed by atoms with Gasteiger partial charge in [-0.2, -0.15) is 4.98 Å². The van der Waals surface area contributed by atoms with Crippen LogP contribution in [0, 0.1) is 19.7 Å². The fourth-order valence-corrected chi connectivity index (χ4v) is 4.02. The zero-order valence-electron chi connectivity index (χ0n) is 18.0. The highest BCUT2D eigenvalue weighted by molar-refractivity contribution is 5.58. The summed E-state index contributed by atoms with van der Waals surface area (Å²) in [6.45, 7) is 5.68. The average molecular weight is 430 g/mol. The molecule has 1 fully saturated rings. The third-order valence-electron chi connectivity index (χ3n) is 5.87. The molecule has 1 aromatic carbocycles. The molecule has 4 heterocycles. The summed E-state index contributed by atoms with van der Waals surface area (Å²) in [6.07, 6.45) is 3.69. The number of halogens is 1. The van der Waals surface area contributed by atoms with Crippen LogP contribution in [0.5, 0.6) is 0 Å². The zero-order valence-corrected chi connectivity index (χ0v) is 18.0. The van der Waals surface area contributed by atoms with Gasteiger partial charge in [-0.1, -0.05) is 11.2 Å². The molecular formula is C24H23FN6O. The fourth-order valence-electron chi connectivity index (χ4n) is 4.02. The summed E-state index contributed by atoms with van der Waals surface area (Å²) in [5.41, 5.74) is 3.49. The number of piperidine rings is 1. The molecule has 5 rings (SSSR count). The van der Waals surface area contributed by atoms with Crippen LogP contribution in [0.25, 0.3) is 22.9 Å². The molecule has 8 heteroatoms. The van der Waals surface area contributed by atoms with E-state index in [4.69, 9.17) is 9.51 Å². The van der Waals surface area contributed by atoms with E-state index in [9.17, 15) is 4.39 Å². The Labute approximate surface area is 185 Å². The molecule has 0 bridgehead atoms. The lowest BCUT2D eigenvalue weighted by Gasteiger charge is -2.33. The predicted octanol–water partition coefficient (Wildman–Crippen LogP) is 4.73. The highest BCUT2D eigenvalue weighted by Crippen LogP contribution is 2.32. The number of hydrogen-bond acceptors (Lipinski definition) is 7. The highest BCUT2D eigenvalue weighted by atomic mass is 19.1. The van der Waals surface area contributed by atoms with Crippen LogP contribution < -0.4 is 4.90 Å². The van der Waals surface area contributed by atoms with E-state index in [1.807, 2.05) is 25.1 Å². The maximum atomic E-state index is 13.2. The Bertz CT molecular complexity index is 1230. The van der Waals surface area contributed by atoms with Gasteiger partial charge in [-0.3, -0.25) is 4.98 Å². The van der Waals surface area contributed by atoms with Gasteiger partial charge >= 0.3 is 0 Å². The number of rotatable bonds is 4. The number of anilines is 1. The molecule has 1 unspecified atom stereocenters. The van der Waals surface area contributed by atoms with Crippen LogP contribution in [-0.4, -0.2) is 38.2 Å². The number of nitrogens with zero attached hydrogens (tertiary/aromatic N) is 6. The average Bonchev–Trinajstić information content (AvgIpc) is 3.32. The SMILES string of the molecule is Cc1nc(-c2ccccn2)nc(N2CCCC(c3nc(-c4ccc(F)cc4)no3)C2)c1C. The monoisotopic (exact) mass is 430 g/mol. The fraction of sp³-hybridized carbons (Fsp3) is 0.292. The first-order valence-corrected chi connectivity index (χ1v) is 10.7. The lowest BCUT2D eigenvalue weighted by atomic mass is 9.97. The number of aromatic nitrogens is 5. The lowest BCUT2D eigenvalue weighted by molar-refractivity contribution is 0.333. The molecular weight excluding hydrogens is 407 g/mol. The minimum Gasteiger partial charge on any atom is -0.355 e. The van der Waals surface area contributed by atoms with E-state index in [-0.39, 0.29) is 11.7 Å². The summed E-state index contributed by atoms with van der Waals surface area (Å²) in [5, 5.41) is 4.11. The quantitative estimate of drug-likeness (QED) is 0.463. The van der Waals surface area contributed by atoms with Gasteiger partial charge in [0, 0.05) is 36.1 Å². The molecule has 7 nitrogen and oxygen atoms in total. The van der Waals surface area contributed by atoms with Crippen LogP contribution in [0.4, 0.5) is 10.2 Å². The van der Waals surface area contributed by atoms with Gasteiger partial charge in [0.25, 0.3) is 0 Å². The molecule has 0 N–H and O–H groups in total. The van der Waals surface area contributed by atoms with Gasteiger partial charge in [-0.05, 0) is 63.1 Å². The van der Waals surface area contributed by atoms with Gasteiger partial charge in [-0.15, -0.1) is 0 Å². The third kappa shape index (κ3) is 3.95. The van der Waals surface area contributed by atoms with Crippen molar-refractivity contribution in [1.82, 2.24) is 25.1 Å². The smallest absolute Gasteiger partial charge is 0.231 e. The maximum Gasteiger partial charge on any atom is 0.231 e. The van der Waals surface area contributed by atoms with Crippen LogP contribution in [0.3, 0.4) is 0 Å². The summed E-state index contributed by atoms with van der Waals surface area (Å²) < 4.78 is 18.8. The highest BCUT2D eigenvalue weighted by Gasteiger charge is 2.28. The van der Waals surface area contributed by atoms with Crippen molar-refractivity contribution in [2.45, 2.75) is 32.6 Å². The molecule has 0 saturated carbocycles. The first kappa shape index (κ1) is 20.2. The molecule has 32 heavy (non-hydrogen) atoms. The summed E-state index contributed by atoms with van der Waals surface area (Å²) in [6, 6.07) is 11.8. The summed E-state index contributed by atoms with van der Waals surface area (Å²) in [7, 11) is 0. The molecule has 1 aliphatic rings. The molecule has 3 aromatic heterocycles. The maximum absolute atomic E-state index is 13.2. The van der Waals surface area contributed by atoms with Crippen LogP contribution in [0.2, 0.25) is 0 Å². The van der Waals surface area contributed by atoms with Crippen LogP contribution in [-0.2, 0) is 0 Å². The Kier molecular flexibility index (Phi) is 5.34. The van der Waals surface area contributed by atoms with E-state index in [0.29, 0.717) is 17.5 Å². The normalized spacial score (nSPS) is 16.3. The van der Waals surface area contributed by atoms with Crippen molar-refractivity contribution in [3.63, 3.8) is 0 Å². The van der Waals surface area contributed by atoms with Gasteiger partial charge in [0.2, 0.25) is 11.7 Å². The summed E-state index contributed by atoms with van der Waals surface area (Å²) in [5.74, 6) is 2.42. The summed E-state index contributed by atoms with van der Waals surface area (Å²) >= 11 is 0. The Hall–Kier alpha value is -3.68. The molecule has 0 spiro atoms. The van der Waals surface area contributed by atoms with Gasteiger partial charge in [0.05, 0.1) is 5.92 Å². The molecule has 0 amide bonds. The van der Waals surface area contributed by atoms with E-state index in [2.05, 4.69) is 31.9 Å². The number of pyridine rings is 1. The van der Waals surface area contributed by atoms with E-state index in [0.717, 1.165) is 54.3 Å². The molecule has 0 radical (unpaired) electrons. The largest absolute Gasteiger partial charge is 0.355 e. The van der Waals surface area contributed by atoms with Gasteiger partial charge in [0.15, 0.2) is 5.82 Å². The standard InChI is InChI=1S/C24H23FN6O/c1-15-16(2)27-22(20-7-3-4-12-26-20)28-23(15)31-13-5-6-18(14-31)24-29-21(30-32-24)17-8-10-19(25)11-9-17/h3-4,7-12,18H,5-6,13-14H2,1-2H3. The number of hydrogen-bond donors (Lipinski definition) is 0. The van der Waals surface area contributed by atoms with E-state index < -0.39 is 0 Å². The Morgan fingerprint density at radius 2 is 1.84 bits per heavy atom. The molecule has 4 aromatic rings. The first-order valence-electron chi connectivity index (χ1n) is 10.7. The van der Waals surface area contributed by atoms with Gasteiger partial charge < -0.3 is 9.42 Å². The van der Waals surface area contributed by atoms with Crippen LogP contribution >= 0.6 is 0 Å². The lowest BCUT2D eigenvalue weighted by Crippen LogP contribution is -2.36. The van der Waals surface area contributed by atoms with E-state index in [1.54, 1.807) is 18.3 Å². The van der Waals surface area contributed by atoms with Crippen molar-refractivity contribution < 1.29 is 8.91 Å². The topological polar surface area (TPSA) is 80.8 Å². The Balaban J connectivity index is 1.41. The molecule has 1 saturated heterocycles. The first-order chi connectivity index (χ1) is 15.6. The minimum atomic E-state index is -0.291. The van der Waals surface area contributed by atoms with Crippen molar-refractivity contribution in [2.75, 3.05) is 18.0 Å². The zero-order chi connectivity index (χ0) is 22.1. The second kappa shape index (κ2) is 8.45. The van der Waals surface area contributed by atoms with Crippen molar-refractivity contribution in [3.05, 3.63) is 71.6 Å². The van der Waals surface area contributed by atoms with Gasteiger partial charge in [-0.25, -0.2) is 14.4 Å². The van der Waals surface area contributed by atoms with Crippen molar-refractivity contribution >= 4 is 5.82 Å². The van der Waals surface area contributed by atoms with Crippen LogP contribution in [0.15, 0.2) is 53.2 Å². The van der Waals surface area contributed by atoms with Crippen molar-refractivity contribution in [1.29, 1.82) is 0 Å². The third-order valence-corrected chi connectivity index (χ3v) is 5.87. The van der Waals surface area contributed by atoms with Crippen molar-refractivity contribution in [3.8, 4) is 22.9 Å². The van der Waals surface area contributed by atoms with E-state index in [1.165, 1.54) is 12.1 Å². The number of aryl methyl sites for hydroxylation is 1. The second-order valence-electron chi connectivity index (χ2n) is 8.04. The molecule has 1 atom stereocenters. The van der Waals surface area contributed by atoms with Crippen molar-refractivity contribution in [2.24, 2.45) is 0 Å². The van der Waals surface area contributed by atoms with Gasteiger partial charge in [0.1, 0.15) is 17.3 Å². The minimum absolute atomic E-state index is 0.0958. The van der Waals surface area contributed by atoms with E-state index >= 15 is 0 Å². The Morgan fingerprint density at radius 3 is 2.62 bits per heavy atom. The Morgan fingerprint density at radius 1 is 1.00 bits per heavy atom. The predicted molar refractivity (Wildman–Crippen MR) is 119 cm³/mol.